The summed E-state index contributed by atoms with van der Waals surface area (Å²) >= 11 is 0. The zero-order valence-corrected chi connectivity index (χ0v) is 19.1. The van der Waals surface area contributed by atoms with Crippen molar-refractivity contribution < 1.29 is 0 Å². The van der Waals surface area contributed by atoms with E-state index >= 15 is 0 Å². The van der Waals surface area contributed by atoms with Gasteiger partial charge in [0.25, 0.3) is 0 Å². The number of rotatable bonds is 5. The highest BCUT2D eigenvalue weighted by Crippen LogP contribution is 2.36. The molecule has 170 valence electrons. The van der Waals surface area contributed by atoms with Crippen LogP contribution in [0.4, 0.5) is 5.82 Å². The van der Waals surface area contributed by atoms with Crippen LogP contribution < -0.4 is 4.90 Å². The third kappa shape index (κ3) is 3.99. The number of nitrogens with one attached hydrogen (secondary N) is 1. The average molecular weight is 450 g/mol. The fourth-order valence-electron chi connectivity index (χ4n) is 4.95. The van der Waals surface area contributed by atoms with E-state index in [0.717, 1.165) is 79.7 Å². The topological polar surface area (TPSA) is 73.8 Å². The minimum absolute atomic E-state index is 0.786. The van der Waals surface area contributed by atoms with Gasteiger partial charge < -0.3 is 9.88 Å². The number of nitrogens with zero attached hydrogens (tertiary/aromatic N) is 6. The number of pyridine rings is 1. The molecule has 0 spiro atoms. The van der Waals surface area contributed by atoms with Gasteiger partial charge in [0, 0.05) is 62.1 Å². The third-order valence-electron chi connectivity index (χ3n) is 6.80. The Bertz CT molecular complexity index is 1310. The molecule has 6 rings (SSSR count). The average Bonchev–Trinajstić information content (AvgIpc) is 3.49. The van der Waals surface area contributed by atoms with Crippen molar-refractivity contribution in [2.45, 2.75) is 19.4 Å². The summed E-state index contributed by atoms with van der Waals surface area (Å²) in [5, 5.41) is 0. The van der Waals surface area contributed by atoms with Gasteiger partial charge >= 0.3 is 0 Å². The summed E-state index contributed by atoms with van der Waals surface area (Å²) in [7, 11) is 0. The molecule has 4 heterocycles. The van der Waals surface area contributed by atoms with Crippen molar-refractivity contribution in [3.8, 4) is 22.5 Å². The van der Waals surface area contributed by atoms with E-state index in [1.54, 1.807) is 12.4 Å². The van der Waals surface area contributed by atoms with Gasteiger partial charge in [-0.1, -0.05) is 18.7 Å². The molecule has 1 aliphatic heterocycles. The first-order valence-corrected chi connectivity index (χ1v) is 11.8. The number of aryl methyl sites for hydroxylation is 1. The molecule has 0 atom stereocenters. The lowest BCUT2D eigenvalue weighted by atomic mass is 10.0. The predicted octanol–water partition coefficient (Wildman–Crippen LogP) is 4.21. The van der Waals surface area contributed by atoms with E-state index in [2.05, 4.69) is 54.5 Å². The van der Waals surface area contributed by atoms with Crippen molar-refractivity contribution in [2.24, 2.45) is 0 Å². The van der Waals surface area contributed by atoms with Crippen LogP contribution in [0.5, 0.6) is 0 Å². The summed E-state index contributed by atoms with van der Waals surface area (Å²) < 4.78 is 0. The molecule has 4 aromatic rings. The van der Waals surface area contributed by atoms with Crippen molar-refractivity contribution in [3.05, 3.63) is 84.8 Å². The molecule has 1 aliphatic carbocycles. The number of H-pyrrole nitrogens is 1. The lowest BCUT2D eigenvalue weighted by molar-refractivity contribution is 0.244. The molecule has 0 radical (unpaired) electrons. The largest absolute Gasteiger partial charge is 0.353 e. The van der Waals surface area contributed by atoms with E-state index < -0.39 is 0 Å². The van der Waals surface area contributed by atoms with Gasteiger partial charge in [-0.3, -0.25) is 14.9 Å². The van der Waals surface area contributed by atoms with Crippen molar-refractivity contribution >= 4 is 11.4 Å². The van der Waals surface area contributed by atoms with Crippen LogP contribution in [0, 0.1) is 0 Å². The molecule has 1 aromatic carbocycles. The van der Waals surface area contributed by atoms with E-state index in [1.165, 1.54) is 16.7 Å². The number of aromatic amines is 1. The molecule has 2 aliphatic rings. The lowest BCUT2D eigenvalue weighted by Gasteiger charge is -2.34. The molecule has 0 amide bonds. The van der Waals surface area contributed by atoms with E-state index in [1.807, 2.05) is 30.7 Å². The van der Waals surface area contributed by atoms with Crippen molar-refractivity contribution in [2.75, 3.05) is 31.1 Å². The molecule has 1 fully saturated rings. The molecular formula is C27H27N7. The van der Waals surface area contributed by atoms with Gasteiger partial charge in [-0.25, -0.2) is 9.97 Å². The van der Waals surface area contributed by atoms with Gasteiger partial charge in [-0.15, -0.1) is 0 Å². The molecular weight excluding hydrogens is 422 g/mol. The Balaban J connectivity index is 1.26. The zero-order valence-electron chi connectivity index (χ0n) is 19.1. The number of benzene rings is 1. The maximum Gasteiger partial charge on any atom is 0.147 e. The molecule has 7 heteroatoms. The fourth-order valence-corrected chi connectivity index (χ4v) is 4.95. The fraction of sp³-hybridized carbons (Fsp3) is 0.259. The van der Waals surface area contributed by atoms with E-state index in [4.69, 9.17) is 4.98 Å². The highest BCUT2D eigenvalue weighted by atomic mass is 15.3. The maximum atomic E-state index is 5.10. The lowest BCUT2D eigenvalue weighted by Crippen LogP contribution is -2.46. The Morgan fingerprint density at radius 3 is 2.53 bits per heavy atom. The van der Waals surface area contributed by atoms with Crippen molar-refractivity contribution in [1.29, 1.82) is 0 Å². The Labute approximate surface area is 199 Å². The first-order chi connectivity index (χ1) is 16.7. The minimum Gasteiger partial charge on any atom is -0.353 e. The summed E-state index contributed by atoms with van der Waals surface area (Å²) in [4.78, 5) is 26.3. The summed E-state index contributed by atoms with van der Waals surface area (Å²) in [6.07, 6.45) is 11.1. The Hall–Kier alpha value is -3.84. The van der Waals surface area contributed by atoms with Gasteiger partial charge in [0.1, 0.15) is 11.6 Å². The van der Waals surface area contributed by atoms with Crippen LogP contribution in [-0.4, -0.2) is 56.0 Å². The van der Waals surface area contributed by atoms with Crippen LogP contribution in [-0.2, 0) is 13.0 Å². The highest BCUT2D eigenvalue weighted by molar-refractivity contribution is 5.81. The highest BCUT2D eigenvalue weighted by Gasteiger charge is 2.22. The molecule has 1 saturated heterocycles. The summed E-state index contributed by atoms with van der Waals surface area (Å²) in [6, 6.07) is 10.7. The van der Waals surface area contributed by atoms with Crippen LogP contribution in [0.2, 0.25) is 0 Å². The molecule has 34 heavy (non-hydrogen) atoms. The van der Waals surface area contributed by atoms with Crippen LogP contribution in [0.15, 0.2) is 67.9 Å². The normalized spacial score (nSPS) is 16.1. The standard InChI is InChI=1S/C27H27N7/c1-19-2-3-21-16-22(4-5-23(19)21)27-26(20-6-8-28-9-7-20)31-24(32-27)18-33-12-14-34(15-13-33)25-17-29-10-11-30-25/h4-11,16-17H,1-3,12-15,18H2,(H,31,32). The van der Waals surface area contributed by atoms with Crippen molar-refractivity contribution in [3.63, 3.8) is 0 Å². The molecule has 3 aromatic heterocycles. The van der Waals surface area contributed by atoms with Crippen LogP contribution >= 0.6 is 0 Å². The Morgan fingerprint density at radius 1 is 0.882 bits per heavy atom. The molecule has 1 N–H and O–H groups in total. The van der Waals surface area contributed by atoms with E-state index in [9.17, 15) is 0 Å². The van der Waals surface area contributed by atoms with Gasteiger partial charge in [0.05, 0.1) is 24.1 Å². The number of imidazole rings is 1. The number of allylic oxidation sites excluding steroid dienone is 1. The zero-order chi connectivity index (χ0) is 22.9. The second kappa shape index (κ2) is 8.83. The molecule has 0 saturated carbocycles. The number of anilines is 1. The Morgan fingerprint density at radius 2 is 1.74 bits per heavy atom. The minimum atomic E-state index is 0.786. The Kier molecular flexibility index (Phi) is 5.39. The summed E-state index contributed by atoms with van der Waals surface area (Å²) in [5.74, 6) is 1.93. The smallest absolute Gasteiger partial charge is 0.147 e. The van der Waals surface area contributed by atoms with E-state index in [-0.39, 0.29) is 0 Å². The number of aromatic nitrogens is 5. The molecule has 0 bridgehead atoms. The van der Waals surface area contributed by atoms with Gasteiger partial charge in [0.15, 0.2) is 0 Å². The second-order valence-electron chi connectivity index (χ2n) is 8.95. The van der Waals surface area contributed by atoms with Crippen molar-refractivity contribution in [1.82, 2.24) is 29.8 Å². The predicted molar refractivity (Wildman–Crippen MR) is 134 cm³/mol. The van der Waals surface area contributed by atoms with Gasteiger partial charge in [0.2, 0.25) is 0 Å². The summed E-state index contributed by atoms with van der Waals surface area (Å²) in [6.45, 7) is 8.77. The molecule has 0 unspecified atom stereocenters. The monoisotopic (exact) mass is 449 g/mol. The van der Waals surface area contributed by atoms with Gasteiger partial charge in [-0.05, 0) is 47.7 Å². The van der Waals surface area contributed by atoms with Crippen LogP contribution in [0.25, 0.3) is 28.1 Å². The first-order valence-electron chi connectivity index (χ1n) is 11.8. The summed E-state index contributed by atoms with van der Waals surface area (Å²) in [5.41, 5.74) is 8.20. The SMILES string of the molecule is C=C1CCc2cc(-c3nc(CN4CCN(c5cnccn5)CC4)[nH]c3-c3ccncc3)ccc21. The third-order valence-corrected chi connectivity index (χ3v) is 6.80. The van der Waals surface area contributed by atoms with E-state index in [0.29, 0.717) is 0 Å². The number of hydrogen-bond acceptors (Lipinski definition) is 6. The quantitative estimate of drug-likeness (QED) is 0.492. The molecule has 7 nitrogen and oxygen atoms in total. The number of piperazine rings is 1. The second-order valence-corrected chi connectivity index (χ2v) is 8.95. The number of hydrogen-bond donors (Lipinski definition) is 1. The van der Waals surface area contributed by atoms with Crippen LogP contribution in [0.1, 0.15) is 23.4 Å². The first kappa shape index (κ1) is 20.7. The van der Waals surface area contributed by atoms with Gasteiger partial charge in [-0.2, -0.15) is 0 Å². The maximum absolute atomic E-state index is 5.10. The number of fused-ring (bicyclic) bond motifs is 1. The van der Waals surface area contributed by atoms with Crippen LogP contribution in [0.3, 0.4) is 0 Å².